The fraction of sp³-hybridized carbons (Fsp3) is 0.192. The number of fused-ring (bicyclic) bond motifs is 1. The van der Waals surface area contributed by atoms with Crippen LogP contribution in [0.5, 0.6) is 11.5 Å². The number of amides is 1. The van der Waals surface area contributed by atoms with E-state index in [4.69, 9.17) is 9.72 Å². The summed E-state index contributed by atoms with van der Waals surface area (Å²) in [5, 5.41) is 7.09. The van der Waals surface area contributed by atoms with Gasteiger partial charge in [0.25, 0.3) is 5.91 Å². The second-order valence-corrected chi connectivity index (χ2v) is 7.90. The Morgan fingerprint density at radius 1 is 0.970 bits per heavy atom. The topological polar surface area (TPSA) is 79.4 Å². The average molecular weight is 442 g/mol. The molecular weight excluding hydrogens is 414 g/mol. The molecule has 0 radical (unpaired) electrons. The number of anilines is 2. The number of nitrogens with zero attached hydrogens (tertiary/aromatic N) is 3. The summed E-state index contributed by atoms with van der Waals surface area (Å²) < 4.78 is 6.20. The van der Waals surface area contributed by atoms with Crippen LogP contribution in [-0.2, 0) is 0 Å². The van der Waals surface area contributed by atoms with Gasteiger partial charge >= 0.3 is 0 Å². The van der Waals surface area contributed by atoms with Gasteiger partial charge in [-0.3, -0.25) is 4.79 Å². The van der Waals surface area contributed by atoms with E-state index in [0.717, 1.165) is 36.2 Å². The summed E-state index contributed by atoms with van der Waals surface area (Å²) >= 11 is 0. The number of para-hydroxylation sites is 1. The van der Waals surface area contributed by atoms with Crippen LogP contribution < -0.4 is 15.4 Å². The molecule has 0 spiro atoms. The summed E-state index contributed by atoms with van der Waals surface area (Å²) in [6.45, 7) is 1.83. The molecule has 0 atom stereocenters. The number of pyridine rings is 2. The van der Waals surface area contributed by atoms with Crippen molar-refractivity contribution in [1.82, 2.24) is 14.9 Å². The van der Waals surface area contributed by atoms with Gasteiger partial charge in [-0.15, -0.1) is 0 Å². The van der Waals surface area contributed by atoms with Crippen molar-refractivity contribution < 1.29 is 9.53 Å². The van der Waals surface area contributed by atoms with E-state index in [-0.39, 0.29) is 5.91 Å². The molecule has 2 aromatic heterocycles. The van der Waals surface area contributed by atoms with Crippen LogP contribution in [0.4, 0.5) is 11.6 Å². The van der Waals surface area contributed by atoms with Crippen molar-refractivity contribution in [1.29, 1.82) is 0 Å². The zero-order chi connectivity index (χ0) is 23.0. The first-order valence-electron chi connectivity index (χ1n) is 10.9. The molecule has 168 valence electrons. The second kappa shape index (κ2) is 10.6. The molecule has 1 amide bonds. The largest absolute Gasteiger partial charge is 0.457 e. The van der Waals surface area contributed by atoms with Gasteiger partial charge in [0.15, 0.2) is 0 Å². The van der Waals surface area contributed by atoms with Crippen LogP contribution in [0.3, 0.4) is 0 Å². The molecule has 33 heavy (non-hydrogen) atoms. The number of hydrogen-bond donors (Lipinski definition) is 2. The average Bonchev–Trinajstić information content (AvgIpc) is 2.83. The predicted octanol–water partition coefficient (Wildman–Crippen LogP) is 5.04. The molecule has 2 N–H and O–H groups in total. The van der Waals surface area contributed by atoms with E-state index in [0.29, 0.717) is 22.9 Å². The number of nitrogens with one attached hydrogen (secondary N) is 2. The summed E-state index contributed by atoms with van der Waals surface area (Å²) in [6.07, 6.45) is 2.65. The molecule has 2 heterocycles. The molecule has 0 aliphatic heterocycles. The number of rotatable bonds is 9. The minimum absolute atomic E-state index is 0.223. The number of carbonyl (C=O) groups is 1. The van der Waals surface area contributed by atoms with Crippen LogP contribution in [0.25, 0.3) is 10.9 Å². The first-order chi connectivity index (χ1) is 16.1. The molecule has 7 nitrogen and oxygen atoms in total. The summed E-state index contributed by atoms with van der Waals surface area (Å²) in [7, 11) is 4.13. The van der Waals surface area contributed by atoms with Crippen LogP contribution in [0.2, 0.25) is 0 Å². The molecule has 0 fully saturated rings. The van der Waals surface area contributed by atoms with Crippen molar-refractivity contribution in [2.45, 2.75) is 6.42 Å². The van der Waals surface area contributed by atoms with E-state index in [1.165, 1.54) is 0 Å². The Hall–Kier alpha value is -3.97. The molecule has 0 saturated carbocycles. The van der Waals surface area contributed by atoms with Crippen molar-refractivity contribution in [3.05, 3.63) is 84.6 Å². The number of carbonyl (C=O) groups excluding carboxylic acids is 1. The first-order valence-corrected chi connectivity index (χ1v) is 10.9. The van der Waals surface area contributed by atoms with Crippen LogP contribution >= 0.6 is 0 Å². The highest BCUT2D eigenvalue weighted by atomic mass is 16.5. The van der Waals surface area contributed by atoms with Gasteiger partial charge in [-0.2, -0.15) is 0 Å². The van der Waals surface area contributed by atoms with Crippen molar-refractivity contribution in [3.63, 3.8) is 0 Å². The van der Waals surface area contributed by atoms with Crippen molar-refractivity contribution in [2.24, 2.45) is 0 Å². The van der Waals surface area contributed by atoms with Crippen molar-refractivity contribution >= 4 is 28.4 Å². The van der Waals surface area contributed by atoms with Crippen molar-refractivity contribution in [3.8, 4) is 11.5 Å². The standard InChI is InChI=1S/C26H27N5O2/c1-31(2)17-7-16-28-25-18-23(21-8-3-4-9-22(21)29-25)33-20-13-11-19(12-14-20)26(32)30-24-10-5-6-15-27-24/h3-6,8-15,18H,7,16-17H2,1-2H3,(H,28,29)(H,27,30,32). The van der Waals surface area contributed by atoms with Gasteiger partial charge in [-0.05, 0) is 75.6 Å². The SMILES string of the molecule is CN(C)CCCNc1cc(Oc2ccc(C(=O)Nc3ccccn3)cc2)c2ccccc2n1. The van der Waals surface area contributed by atoms with Crippen LogP contribution in [0.1, 0.15) is 16.8 Å². The van der Waals surface area contributed by atoms with Crippen LogP contribution in [0.15, 0.2) is 79.0 Å². The molecule has 0 aliphatic carbocycles. The maximum atomic E-state index is 12.5. The number of hydrogen-bond acceptors (Lipinski definition) is 6. The van der Waals surface area contributed by atoms with Crippen molar-refractivity contribution in [2.75, 3.05) is 37.8 Å². The van der Waals surface area contributed by atoms with E-state index >= 15 is 0 Å². The highest BCUT2D eigenvalue weighted by Crippen LogP contribution is 2.31. The van der Waals surface area contributed by atoms with Crippen LogP contribution in [0, 0.1) is 0 Å². The Morgan fingerprint density at radius 2 is 1.76 bits per heavy atom. The Morgan fingerprint density at radius 3 is 2.52 bits per heavy atom. The fourth-order valence-corrected chi connectivity index (χ4v) is 3.36. The van der Waals surface area contributed by atoms with Gasteiger partial charge in [0.05, 0.1) is 5.52 Å². The highest BCUT2D eigenvalue weighted by Gasteiger charge is 2.10. The highest BCUT2D eigenvalue weighted by molar-refractivity contribution is 6.03. The maximum absolute atomic E-state index is 12.5. The van der Waals surface area contributed by atoms with Gasteiger partial charge in [0.2, 0.25) is 0 Å². The quantitative estimate of drug-likeness (QED) is 0.354. The molecule has 4 rings (SSSR count). The monoisotopic (exact) mass is 441 g/mol. The molecule has 0 saturated heterocycles. The summed E-state index contributed by atoms with van der Waals surface area (Å²) in [6, 6.07) is 22.2. The Balaban J connectivity index is 1.48. The zero-order valence-corrected chi connectivity index (χ0v) is 18.8. The minimum atomic E-state index is -0.223. The summed E-state index contributed by atoms with van der Waals surface area (Å²) in [5.41, 5.74) is 1.38. The molecule has 7 heteroatoms. The normalized spacial score (nSPS) is 10.9. The van der Waals surface area contributed by atoms with E-state index in [1.54, 1.807) is 42.6 Å². The smallest absolute Gasteiger partial charge is 0.256 e. The lowest BCUT2D eigenvalue weighted by molar-refractivity contribution is 0.102. The number of ether oxygens (including phenoxy) is 1. The van der Waals surface area contributed by atoms with Gasteiger partial charge in [-0.1, -0.05) is 18.2 Å². The second-order valence-electron chi connectivity index (χ2n) is 7.90. The van der Waals surface area contributed by atoms with Crippen LogP contribution in [-0.4, -0.2) is 48.0 Å². The lowest BCUT2D eigenvalue weighted by Gasteiger charge is -2.14. The third kappa shape index (κ3) is 6.05. The maximum Gasteiger partial charge on any atom is 0.256 e. The molecule has 2 aromatic carbocycles. The number of aromatic nitrogens is 2. The predicted molar refractivity (Wildman–Crippen MR) is 132 cm³/mol. The molecule has 0 aliphatic rings. The Kier molecular flexibility index (Phi) is 7.12. The summed E-state index contributed by atoms with van der Waals surface area (Å²) in [4.78, 5) is 23.4. The van der Waals surface area contributed by atoms with Gasteiger partial charge < -0.3 is 20.3 Å². The van der Waals surface area contributed by atoms with E-state index < -0.39 is 0 Å². The van der Waals surface area contributed by atoms with Gasteiger partial charge in [0, 0.05) is 29.8 Å². The molecule has 0 unspecified atom stereocenters. The third-order valence-electron chi connectivity index (χ3n) is 5.02. The zero-order valence-electron chi connectivity index (χ0n) is 18.8. The minimum Gasteiger partial charge on any atom is -0.457 e. The Labute approximate surface area is 193 Å². The molecule has 0 bridgehead atoms. The lowest BCUT2D eigenvalue weighted by atomic mass is 10.2. The molecular formula is C26H27N5O2. The summed E-state index contributed by atoms with van der Waals surface area (Å²) in [5.74, 6) is 2.41. The lowest BCUT2D eigenvalue weighted by Crippen LogP contribution is -2.16. The van der Waals surface area contributed by atoms with Gasteiger partial charge in [0.1, 0.15) is 23.1 Å². The number of benzene rings is 2. The molecule has 4 aromatic rings. The Bertz CT molecular complexity index is 1210. The third-order valence-corrected chi connectivity index (χ3v) is 5.02. The van der Waals surface area contributed by atoms with E-state index in [9.17, 15) is 4.79 Å². The fourth-order valence-electron chi connectivity index (χ4n) is 3.36. The van der Waals surface area contributed by atoms with E-state index in [1.807, 2.05) is 36.4 Å². The van der Waals surface area contributed by atoms with E-state index in [2.05, 4.69) is 34.6 Å². The first kappa shape index (κ1) is 22.2. The van der Waals surface area contributed by atoms with Gasteiger partial charge in [-0.25, -0.2) is 9.97 Å².